The molecule has 0 aliphatic rings. The quantitative estimate of drug-likeness (QED) is 0.487. The zero-order valence-corrected chi connectivity index (χ0v) is 11.8. The summed E-state index contributed by atoms with van der Waals surface area (Å²) >= 11 is 4.97. The van der Waals surface area contributed by atoms with Crippen molar-refractivity contribution in [2.75, 3.05) is 32.1 Å². The fraction of sp³-hybridized carbons (Fsp3) is 0.385. The number of benzene rings is 1. The van der Waals surface area contributed by atoms with Gasteiger partial charge in [-0.15, -0.1) is 0 Å². The maximum absolute atomic E-state index is 11.5. The van der Waals surface area contributed by atoms with E-state index in [0.29, 0.717) is 31.1 Å². The Kier molecular flexibility index (Phi) is 6.84. The van der Waals surface area contributed by atoms with Gasteiger partial charge in [-0.2, -0.15) is 0 Å². The van der Waals surface area contributed by atoms with Gasteiger partial charge in [0.25, 0.3) is 0 Å². The van der Waals surface area contributed by atoms with E-state index in [1.165, 1.54) is 0 Å². The predicted octanol–water partition coefficient (Wildman–Crippen LogP) is 0.885. The number of carbonyl (C=O) groups is 1. The molecule has 0 heterocycles. The summed E-state index contributed by atoms with van der Waals surface area (Å²) in [5.41, 5.74) is 7.26. The van der Waals surface area contributed by atoms with Gasteiger partial charge in [-0.3, -0.25) is 4.79 Å². The first-order valence-corrected chi connectivity index (χ1v) is 6.44. The third-order valence-corrected chi connectivity index (χ3v) is 2.71. The lowest BCUT2D eigenvalue weighted by Gasteiger charge is -2.11. The maximum Gasteiger partial charge on any atom is 0.221 e. The second-order valence-corrected chi connectivity index (χ2v) is 4.37. The number of nitrogens with one attached hydrogen (secondary N) is 2. The standard InChI is InChI=1S/C13H19N3O2S/c1-18-9-8-16-12(17)6-7-15-11-5-3-2-4-10(11)13(14)19/h2-5,15H,6-9H2,1H3,(H2,14,19)(H,16,17). The van der Waals surface area contributed by atoms with Crippen LogP contribution in [0.3, 0.4) is 0 Å². The molecular weight excluding hydrogens is 262 g/mol. The Morgan fingerprint density at radius 1 is 1.37 bits per heavy atom. The van der Waals surface area contributed by atoms with Crippen LogP contribution in [-0.2, 0) is 9.53 Å². The van der Waals surface area contributed by atoms with Crippen molar-refractivity contribution in [1.82, 2.24) is 5.32 Å². The summed E-state index contributed by atoms with van der Waals surface area (Å²) in [6.45, 7) is 1.57. The molecule has 5 nitrogen and oxygen atoms in total. The van der Waals surface area contributed by atoms with E-state index in [4.69, 9.17) is 22.7 Å². The van der Waals surface area contributed by atoms with Crippen LogP contribution in [0.4, 0.5) is 5.69 Å². The Hall–Kier alpha value is -1.66. The molecule has 0 fully saturated rings. The fourth-order valence-corrected chi connectivity index (χ4v) is 1.72. The number of thiocarbonyl (C=S) groups is 1. The van der Waals surface area contributed by atoms with E-state index in [0.717, 1.165) is 11.3 Å². The summed E-state index contributed by atoms with van der Waals surface area (Å²) in [7, 11) is 1.60. The molecule has 0 unspecified atom stereocenters. The van der Waals surface area contributed by atoms with Gasteiger partial charge in [0.1, 0.15) is 4.99 Å². The minimum absolute atomic E-state index is 0.0163. The maximum atomic E-state index is 11.5. The molecule has 0 aliphatic heterocycles. The van der Waals surface area contributed by atoms with Gasteiger partial charge in [-0.1, -0.05) is 24.4 Å². The number of rotatable bonds is 8. The van der Waals surface area contributed by atoms with Gasteiger partial charge in [0, 0.05) is 37.9 Å². The van der Waals surface area contributed by atoms with E-state index in [1.54, 1.807) is 7.11 Å². The number of anilines is 1. The highest BCUT2D eigenvalue weighted by molar-refractivity contribution is 7.80. The topological polar surface area (TPSA) is 76.4 Å². The summed E-state index contributed by atoms with van der Waals surface area (Å²) in [6, 6.07) is 7.50. The number of methoxy groups -OCH3 is 1. The van der Waals surface area contributed by atoms with Crippen LogP contribution < -0.4 is 16.4 Å². The molecule has 0 saturated heterocycles. The summed E-state index contributed by atoms with van der Waals surface area (Å²) in [4.78, 5) is 11.8. The number of nitrogens with two attached hydrogens (primary N) is 1. The van der Waals surface area contributed by atoms with Crippen LogP contribution in [-0.4, -0.2) is 37.7 Å². The molecule has 6 heteroatoms. The number of amides is 1. The van der Waals surface area contributed by atoms with E-state index in [9.17, 15) is 4.79 Å². The molecule has 1 rings (SSSR count). The van der Waals surface area contributed by atoms with E-state index in [-0.39, 0.29) is 5.91 Å². The molecule has 1 amide bonds. The fourth-order valence-electron chi connectivity index (χ4n) is 1.54. The Morgan fingerprint density at radius 2 is 2.11 bits per heavy atom. The van der Waals surface area contributed by atoms with Crippen molar-refractivity contribution in [2.45, 2.75) is 6.42 Å². The Balaban J connectivity index is 2.37. The van der Waals surface area contributed by atoms with E-state index < -0.39 is 0 Å². The van der Waals surface area contributed by atoms with Crippen molar-refractivity contribution in [2.24, 2.45) is 5.73 Å². The third-order valence-electron chi connectivity index (χ3n) is 2.49. The molecule has 0 atom stereocenters. The lowest BCUT2D eigenvalue weighted by atomic mass is 10.1. The highest BCUT2D eigenvalue weighted by Crippen LogP contribution is 2.14. The molecule has 104 valence electrons. The minimum Gasteiger partial charge on any atom is -0.389 e. The largest absolute Gasteiger partial charge is 0.389 e. The van der Waals surface area contributed by atoms with Crippen molar-refractivity contribution < 1.29 is 9.53 Å². The number of hydrogen-bond donors (Lipinski definition) is 3. The lowest BCUT2D eigenvalue weighted by Crippen LogP contribution is -2.28. The zero-order chi connectivity index (χ0) is 14.1. The van der Waals surface area contributed by atoms with Gasteiger partial charge < -0.3 is 21.1 Å². The van der Waals surface area contributed by atoms with E-state index in [1.807, 2.05) is 24.3 Å². The average molecular weight is 281 g/mol. The second-order valence-electron chi connectivity index (χ2n) is 3.93. The predicted molar refractivity (Wildman–Crippen MR) is 80.3 cm³/mol. The first-order valence-electron chi connectivity index (χ1n) is 6.03. The first-order chi connectivity index (χ1) is 9.15. The van der Waals surface area contributed by atoms with Crippen molar-refractivity contribution in [3.63, 3.8) is 0 Å². The lowest BCUT2D eigenvalue weighted by molar-refractivity contribution is -0.121. The average Bonchev–Trinajstić information content (AvgIpc) is 2.39. The molecule has 1 aromatic carbocycles. The van der Waals surface area contributed by atoms with Crippen LogP contribution in [0.1, 0.15) is 12.0 Å². The monoisotopic (exact) mass is 281 g/mol. The van der Waals surface area contributed by atoms with Gasteiger partial charge in [0.15, 0.2) is 0 Å². The van der Waals surface area contributed by atoms with Crippen molar-refractivity contribution in [3.8, 4) is 0 Å². The van der Waals surface area contributed by atoms with Crippen LogP contribution in [0.2, 0.25) is 0 Å². The van der Waals surface area contributed by atoms with E-state index >= 15 is 0 Å². The van der Waals surface area contributed by atoms with Crippen molar-refractivity contribution in [1.29, 1.82) is 0 Å². The molecule has 0 spiro atoms. The molecule has 4 N–H and O–H groups in total. The van der Waals surface area contributed by atoms with Crippen LogP contribution in [0.15, 0.2) is 24.3 Å². The number of para-hydroxylation sites is 1. The van der Waals surface area contributed by atoms with Gasteiger partial charge >= 0.3 is 0 Å². The molecule has 0 bridgehead atoms. The smallest absolute Gasteiger partial charge is 0.221 e. The SMILES string of the molecule is COCCNC(=O)CCNc1ccccc1C(N)=S. The normalized spacial score (nSPS) is 9.95. The van der Waals surface area contributed by atoms with Gasteiger partial charge in [0.05, 0.1) is 6.61 Å². The Labute approximate surface area is 118 Å². The molecule has 0 aromatic heterocycles. The van der Waals surface area contributed by atoms with Crippen molar-refractivity contribution in [3.05, 3.63) is 29.8 Å². The minimum atomic E-state index is -0.0163. The molecule has 19 heavy (non-hydrogen) atoms. The Bertz CT molecular complexity index is 438. The molecule has 0 radical (unpaired) electrons. The second kappa shape index (κ2) is 8.44. The van der Waals surface area contributed by atoms with Crippen LogP contribution >= 0.6 is 12.2 Å². The molecule has 1 aromatic rings. The van der Waals surface area contributed by atoms with Gasteiger partial charge in [-0.05, 0) is 12.1 Å². The third kappa shape index (κ3) is 5.67. The van der Waals surface area contributed by atoms with Crippen LogP contribution in [0.5, 0.6) is 0 Å². The number of hydrogen-bond acceptors (Lipinski definition) is 4. The molecule has 0 saturated carbocycles. The number of carbonyl (C=O) groups excluding carboxylic acids is 1. The first kappa shape index (κ1) is 15.4. The van der Waals surface area contributed by atoms with Gasteiger partial charge in [0.2, 0.25) is 5.91 Å². The van der Waals surface area contributed by atoms with E-state index in [2.05, 4.69) is 10.6 Å². The van der Waals surface area contributed by atoms with Crippen LogP contribution in [0.25, 0.3) is 0 Å². The van der Waals surface area contributed by atoms with Crippen LogP contribution in [0, 0.1) is 0 Å². The summed E-state index contributed by atoms with van der Waals surface area (Å²) in [5, 5.41) is 5.91. The molecular formula is C13H19N3O2S. The highest BCUT2D eigenvalue weighted by atomic mass is 32.1. The number of ether oxygens (including phenoxy) is 1. The summed E-state index contributed by atoms with van der Waals surface area (Å²) in [5.74, 6) is -0.0163. The van der Waals surface area contributed by atoms with Crippen molar-refractivity contribution >= 4 is 28.8 Å². The summed E-state index contributed by atoms with van der Waals surface area (Å²) in [6.07, 6.45) is 0.384. The summed E-state index contributed by atoms with van der Waals surface area (Å²) < 4.78 is 4.85. The highest BCUT2D eigenvalue weighted by Gasteiger charge is 2.05. The van der Waals surface area contributed by atoms with Gasteiger partial charge in [-0.25, -0.2) is 0 Å². The zero-order valence-electron chi connectivity index (χ0n) is 10.9. The molecule has 0 aliphatic carbocycles. The Morgan fingerprint density at radius 3 is 2.79 bits per heavy atom.